The molecule has 2 amide bonds. The standard InChI is InChI=1S/C22H24N2O4/c1-4-6-14-11-16(13-19(27-2)20(14)28-3)22(26)24-18-8-5-7-15(12-18)21(25)23-17-9-10-17/h4-8,11-13,17H,9-10H2,1-3H3,(H,23,25)(H,24,26)/b6-4+. The third-order valence-electron chi connectivity index (χ3n) is 4.41. The second kappa shape index (κ2) is 8.61. The summed E-state index contributed by atoms with van der Waals surface area (Å²) in [4.78, 5) is 25.0. The molecule has 3 rings (SSSR count). The lowest BCUT2D eigenvalue weighted by Crippen LogP contribution is -2.25. The summed E-state index contributed by atoms with van der Waals surface area (Å²) >= 11 is 0. The van der Waals surface area contributed by atoms with Crippen LogP contribution in [0.2, 0.25) is 0 Å². The molecule has 146 valence electrons. The smallest absolute Gasteiger partial charge is 0.255 e. The van der Waals surface area contributed by atoms with E-state index >= 15 is 0 Å². The average Bonchev–Trinajstić information content (AvgIpc) is 3.51. The number of carbonyl (C=O) groups is 2. The normalized spacial score (nSPS) is 13.2. The highest BCUT2D eigenvalue weighted by molar-refractivity contribution is 6.06. The summed E-state index contributed by atoms with van der Waals surface area (Å²) in [6.07, 6.45) is 5.76. The predicted octanol–water partition coefficient (Wildman–Crippen LogP) is 3.88. The lowest BCUT2D eigenvalue weighted by molar-refractivity contribution is 0.0949. The van der Waals surface area contributed by atoms with Gasteiger partial charge in [-0.3, -0.25) is 9.59 Å². The van der Waals surface area contributed by atoms with Crippen LogP contribution in [-0.2, 0) is 0 Å². The van der Waals surface area contributed by atoms with Gasteiger partial charge in [-0.25, -0.2) is 0 Å². The maximum atomic E-state index is 12.8. The van der Waals surface area contributed by atoms with Crippen LogP contribution in [0.5, 0.6) is 11.5 Å². The van der Waals surface area contributed by atoms with Crippen LogP contribution in [0.25, 0.3) is 6.08 Å². The third kappa shape index (κ3) is 4.52. The maximum Gasteiger partial charge on any atom is 0.255 e. The van der Waals surface area contributed by atoms with Gasteiger partial charge in [-0.15, -0.1) is 0 Å². The molecule has 1 saturated carbocycles. The fourth-order valence-electron chi connectivity index (χ4n) is 2.87. The molecule has 1 aliphatic carbocycles. The maximum absolute atomic E-state index is 12.8. The predicted molar refractivity (Wildman–Crippen MR) is 109 cm³/mol. The van der Waals surface area contributed by atoms with Crippen LogP contribution in [-0.4, -0.2) is 32.1 Å². The molecule has 0 aliphatic heterocycles. The Morgan fingerprint density at radius 2 is 1.82 bits per heavy atom. The van der Waals surface area contributed by atoms with Gasteiger partial charge in [-0.2, -0.15) is 0 Å². The number of amides is 2. The summed E-state index contributed by atoms with van der Waals surface area (Å²) in [5.41, 5.74) is 2.24. The van der Waals surface area contributed by atoms with Gasteiger partial charge in [0.2, 0.25) is 0 Å². The molecule has 2 N–H and O–H groups in total. The number of carbonyl (C=O) groups excluding carboxylic acids is 2. The van der Waals surface area contributed by atoms with Crippen LogP contribution >= 0.6 is 0 Å². The van der Waals surface area contributed by atoms with Crippen molar-refractivity contribution >= 4 is 23.6 Å². The van der Waals surface area contributed by atoms with Crippen LogP contribution in [0.15, 0.2) is 42.5 Å². The fraction of sp³-hybridized carbons (Fsp3) is 0.273. The number of benzene rings is 2. The molecule has 0 unspecified atom stereocenters. The fourth-order valence-corrected chi connectivity index (χ4v) is 2.87. The minimum atomic E-state index is -0.300. The van der Waals surface area contributed by atoms with E-state index in [1.165, 1.54) is 7.11 Å². The quantitative estimate of drug-likeness (QED) is 0.764. The zero-order chi connectivity index (χ0) is 20.1. The summed E-state index contributed by atoms with van der Waals surface area (Å²) in [5, 5.41) is 5.78. The van der Waals surface area contributed by atoms with E-state index in [2.05, 4.69) is 10.6 Å². The Hall–Kier alpha value is -3.28. The van der Waals surface area contributed by atoms with Gasteiger partial charge in [0.15, 0.2) is 11.5 Å². The lowest BCUT2D eigenvalue weighted by Gasteiger charge is -2.13. The number of hydrogen-bond acceptors (Lipinski definition) is 4. The van der Waals surface area contributed by atoms with Gasteiger partial charge in [-0.05, 0) is 50.1 Å². The van der Waals surface area contributed by atoms with E-state index in [9.17, 15) is 9.59 Å². The van der Waals surface area contributed by atoms with Gasteiger partial charge in [0.25, 0.3) is 11.8 Å². The van der Waals surface area contributed by atoms with Crippen molar-refractivity contribution in [3.63, 3.8) is 0 Å². The molecule has 28 heavy (non-hydrogen) atoms. The zero-order valence-corrected chi connectivity index (χ0v) is 16.2. The van der Waals surface area contributed by atoms with E-state index in [1.807, 2.05) is 19.1 Å². The first-order valence-corrected chi connectivity index (χ1v) is 9.16. The highest BCUT2D eigenvalue weighted by Gasteiger charge is 2.24. The molecule has 0 aromatic heterocycles. The van der Waals surface area contributed by atoms with Crippen LogP contribution in [0.4, 0.5) is 5.69 Å². The Bertz CT molecular complexity index is 917. The Morgan fingerprint density at radius 1 is 1.04 bits per heavy atom. The van der Waals surface area contributed by atoms with Crippen LogP contribution in [0.3, 0.4) is 0 Å². The summed E-state index contributed by atoms with van der Waals surface area (Å²) in [6.45, 7) is 1.89. The zero-order valence-electron chi connectivity index (χ0n) is 16.2. The van der Waals surface area contributed by atoms with Crippen LogP contribution in [0.1, 0.15) is 46.0 Å². The molecular weight excluding hydrogens is 356 g/mol. The number of anilines is 1. The van der Waals surface area contributed by atoms with Crippen LogP contribution < -0.4 is 20.1 Å². The molecular formula is C22H24N2O4. The van der Waals surface area contributed by atoms with Crippen molar-refractivity contribution < 1.29 is 19.1 Å². The first kappa shape index (κ1) is 19.5. The van der Waals surface area contributed by atoms with Crippen molar-refractivity contribution in [2.24, 2.45) is 0 Å². The van der Waals surface area contributed by atoms with Crippen molar-refractivity contribution in [3.8, 4) is 11.5 Å². The van der Waals surface area contributed by atoms with Gasteiger partial charge in [0, 0.05) is 28.4 Å². The lowest BCUT2D eigenvalue weighted by atomic mass is 10.1. The van der Waals surface area contributed by atoms with Gasteiger partial charge in [0.05, 0.1) is 14.2 Å². The molecule has 1 fully saturated rings. The second-order valence-corrected chi connectivity index (χ2v) is 6.58. The van der Waals surface area contributed by atoms with Gasteiger partial charge < -0.3 is 20.1 Å². The summed E-state index contributed by atoms with van der Waals surface area (Å²) in [6, 6.07) is 10.5. The van der Waals surface area contributed by atoms with Crippen molar-refractivity contribution in [2.45, 2.75) is 25.8 Å². The molecule has 6 nitrogen and oxygen atoms in total. The molecule has 0 saturated heterocycles. The Balaban J connectivity index is 1.82. The Labute approximate surface area is 164 Å². The third-order valence-corrected chi connectivity index (χ3v) is 4.41. The molecule has 2 aromatic carbocycles. The minimum Gasteiger partial charge on any atom is -0.493 e. The van der Waals surface area contributed by atoms with Crippen molar-refractivity contribution in [2.75, 3.05) is 19.5 Å². The number of methoxy groups -OCH3 is 2. The molecule has 1 aliphatic rings. The molecule has 0 atom stereocenters. The average molecular weight is 380 g/mol. The molecule has 6 heteroatoms. The summed E-state index contributed by atoms with van der Waals surface area (Å²) in [5.74, 6) is 0.614. The van der Waals surface area contributed by atoms with E-state index in [4.69, 9.17) is 9.47 Å². The Morgan fingerprint density at radius 3 is 2.46 bits per heavy atom. The van der Waals surface area contributed by atoms with Crippen molar-refractivity contribution in [1.29, 1.82) is 0 Å². The number of rotatable bonds is 7. The highest BCUT2D eigenvalue weighted by atomic mass is 16.5. The van der Waals surface area contributed by atoms with Crippen molar-refractivity contribution in [1.82, 2.24) is 5.32 Å². The summed E-state index contributed by atoms with van der Waals surface area (Å²) < 4.78 is 10.8. The number of nitrogens with one attached hydrogen (secondary N) is 2. The molecule has 0 bridgehead atoms. The van der Waals surface area contributed by atoms with Gasteiger partial charge in [-0.1, -0.05) is 18.2 Å². The van der Waals surface area contributed by atoms with E-state index in [0.717, 1.165) is 18.4 Å². The van der Waals surface area contributed by atoms with E-state index in [-0.39, 0.29) is 17.9 Å². The topological polar surface area (TPSA) is 76.7 Å². The Kier molecular flexibility index (Phi) is 5.99. The monoisotopic (exact) mass is 380 g/mol. The van der Waals surface area contributed by atoms with E-state index in [0.29, 0.717) is 28.3 Å². The minimum absolute atomic E-state index is 0.125. The molecule has 2 aromatic rings. The molecule has 0 spiro atoms. The highest BCUT2D eigenvalue weighted by Crippen LogP contribution is 2.34. The van der Waals surface area contributed by atoms with Gasteiger partial charge in [0.1, 0.15) is 0 Å². The SMILES string of the molecule is C/C=C/c1cc(C(=O)Nc2cccc(C(=O)NC3CC3)c2)cc(OC)c1OC. The first-order chi connectivity index (χ1) is 13.5. The number of allylic oxidation sites excluding steroid dienone is 1. The van der Waals surface area contributed by atoms with Crippen LogP contribution in [0, 0.1) is 0 Å². The molecule has 0 radical (unpaired) electrons. The van der Waals surface area contributed by atoms with Gasteiger partial charge >= 0.3 is 0 Å². The largest absolute Gasteiger partial charge is 0.493 e. The van der Waals surface area contributed by atoms with E-state index < -0.39 is 0 Å². The second-order valence-electron chi connectivity index (χ2n) is 6.58. The number of hydrogen-bond donors (Lipinski definition) is 2. The molecule has 0 heterocycles. The van der Waals surface area contributed by atoms with E-state index in [1.54, 1.807) is 43.5 Å². The van der Waals surface area contributed by atoms with Crippen molar-refractivity contribution in [3.05, 3.63) is 59.2 Å². The number of ether oxygens (including phenoxy) is 2. The first-order valence-electron chi connectivity index (χ1n) is 9.16. The summed E-state index contributed by atoms with van der Waals surface area (Å²) in [7, 11) is 3.09.